The van der Waals surface area contributed by atoms with E-state index in [2.05, 4.69) is 31.0 Å². The molecule has 2 rings (SSSR count). The molecule has 1 N–H and O–H groups in total. The topological polar surface area (TPSA) is 15.3 Å². The van der Waals surface area contributed by atoms with Crippen molar-refractivity contribution in [2.75, 3.05) is 26.2 Å². The monoisotopic (exact) mass is 334 g/mol. The predicted molar refractivity (Wildman–Crippen MR) is 88.1 cm³/mol. The lowest BCUT2D eigenvalue weighted by molar-refractivity contribution is 0.0863. The first-order valence-electron chi connectivity index (χ1n) is 6.90. The molecule has 0 aliphatic carbocycles. The van der Waals surface area contributed by atoms with Crippen molar-refractivity contribution in [3.05, 3.63) is 32.8 Å². The van der Waals surface area contributed by atoms with Gasteiger partial charge in [-0.3, -0.25) is 4.90 Å². The minimum Gasteiger partial charge on any atom is -0.314 e. The normalized spacial score (nSPS) is 19.1. The standard InChI is InChI=1S/C15H21Cl3N2/c1-15(2,3)14(20-8-6-19-7-9-20)12-10(16)4-5-11(17)13(12)18/h4-5,14,19H,6-9H2,1-3H3/t14-/m0/s1. The van der Waals surface area contributed by atoms with E-state index in [-0.39, 0.29) is 11.5 Å². The molecule has 112 valence electrons. The highest BCUT2D eigenvalue weighted by Gasteiger charge is 2.35. The Morgan fingerprint density at radius 2 is 1.60 bits per heavy atom. The Morgan fingerprint density at radius 1 is 1.05 bits per heavy atom. The lowest BCUT2D eigenvalue weighted by Gasteiger charge is -2.43. The fourth-order valence-electron chi connectivity index (χ4n) is 2.90. The molecule has 1 fully saturated rings. The fraction of sp³-hybridized carbons (Fsp3) is 0.600. The minimum atomic E-state index is 0.0231. The van der Waals surface area contributed by atoms with Crippen LogP contribution < -0.4 is 5.32 Å². The van der Waals surface area contributed by atoms with Gasteiger partial charge in [0.05, 0.1) is 10.0 Å². The molecule has 1 aromatic carbocycles. The Morgan fingerprint density at radius 3 is 2.15 bits per heavy atom. The first-order chi connectivity index (χ1) is 9.32. The Balaban J connectivity index is 2.49. The number of nitrogens with one attached hydrogen (secondary N) is 1. The summed E-state index contributed by atoms with van der Waals surface area (Å²) in [5, 5.41) is 5.22. The van der Waals surface area contributed by atoms with E-state index in [1.807, 2.05) is 6.07 Å². The van der Waals surface area contributed by atoms with Crippen LogP contribution in [0.4, 0.5) is 0 Å². The van der Waals surface area contributed by atoms with Gasteiger partial charge in [0.15, 0.2) is 0 Å². The molecule has 0 radical (unpaired) electrons. The molecule has 1 heterocycles. The summed E-state index contributed by atoms with van der Waals surface area (Å²) in [6.45, 7) is 10.6. The van der Waals surface area contributed by atoms with Gasteiger partial charge >= 0.3 is 0 Å². The van der Waals surface area contributed by atoms with E-state index >= 15 is 0 Å². The van der Waals surface area contributed by atoms with Gasteiger partial charge < -0.3 is 5.32 Å². The summed E-state index contributed by atoms with van der Waals surface area (Å²) in [6.07, 6.45) is 0. The number of hydrogen-bond acceptors (Lipinski definition) is 2. The third-order valence-electron chi connectivity index (χ3n) is 3.69. The molecule has 0 spiro atoms. The van der Waals surface area contributed by atoms with Crippen LogP contribution in [0.1, 0.15) is 32.4 Å². The smallest absolute Gasteiger partial charge is 0.0655 e. The van der Waals surface area contributed by atoms with Crippen molar-refractivity contribution in [3.8, 4) is 0 Å². The van der Waals surface area contributed by atoms with E-state index in [1.165, 1.54) is 0 Å². The lowest BCUT2D eigenvalue weighted by atomic mass is 9.81. The Kier molecular flexibility index (Phi) is 5.25. The van der Waals surface area contributed by atoms with Crippen molar-refractivity contribution >= 4 is 34.8 Å². The Bertz CT molecular complexity index is 477. The lowest BCUT2D eigenvalue weighted by Crippen LogP contribution is -2.48. The highest BCUT2D eigenvalue weighted by Crippen LogP contribution is 2.45. The quantitative estimate of drug-likeness (QED) is 0.792. The van der Waals surface area contributed by atoms with Crippen LogP contribution in [0.3, 0.4) is 0 Å². The molecule has 0 saturated carbocycles. The van der Waals surface area contributed by atoms with Crippen LogP contribution in [0.2, 0.25) is 15.1 Å². The highest BCUT2D eigenvalue weighted by atomic mass is 35.5. The zero-order valence-electron chi connectivity index (χ0n) is 12.1. The molecule has 1 saturated heterocycles. The molecule has 0 amide bonds. The molecule has 2 nitrogen and oxygen atoms in total. The predicted octanol–water partition coefficient (Wildman–Crippen LogP) is 4.64. The average molecular weight is 336 g/mol. The summed E-state index contributed by atoms with van der Waals surface area (Å²) in [4.78, 5) is 2.44. The van der Waals surface area contributed by atoms with E-state index in [1.54, 1.807) is 6.07 Å². The van der Waals surface area contributed by atoms with Gasteiger partial charge in [-0.15, -0.1) is 0 Å². The molecule has 1 aliphatic rings. The summed E-state index contributed by atoms with van der Waals surface area (Å²) < 4.78 is 0. The van der Waals surface area contributed by atoms with Crippen molar-refractivity contribution in [1.82, 2.24) is 10.2 Å². The second kappa shape index (κ2) is 6.41. The van der Waals surface area contributed by atoms with Gasteiger partial charge in [-0.25, -0.2) is 0 Å². The number of rotatable bonds is 2. The van der Waals surface area contributed by atoms with Gasteiger partial charge in [0.25, 0.3) is 0 Å². The zero-order valence-corrected chi connectivity index (χ0v) is 14.4. The number of hydrogen-bond donors (Lipinski definition) is 1. The van der Waals surface area contributed by atoms with E-state index in [0.717, 1.165) is 31.7 Å². The van der Waals surface area contributed by atoms with Gasteiger partial charge in [-0.2, -0.15) is 0 Å². The second-order valence-corrected chi connectivity index (χ2v) is 7.50. The third kappa shape index (κ3) is 3.42. The number of piperazine rings is 1. The van der Waals surface area contributed by atoms with Gasteiger partial charge in [0, 0.05) is 42.8 Å². The SMILES string of the molecule is CC(C)(C)[C@H](c1c(Cl)ccc(Cl)c1Cl)N1CCNCC1. The van der Waals surface area contributed by atoms with Crippen LogP contribution in [0.5, 0.6) is 0 Å². The average Bonchev–Trinajstić information content (AvgIpc) is 2.39. The molecule has 1 aromatic rings. The van der Waals surface area contributed by atoms with Crippen molar-refractivity contribution in [1.29, 1.82) is 0 Å². The first kappa shape index (κ1) is 16.4. The highest BCUT2D eigenvalue weighted by molar-refractivity contribution is 6.44. The molecule has 20 heavy (non-hydrogen) atoms. The first-order valence-corrected chi connectivity index (χ1v) is 8.04. The van der Waals surface area contributed by atoms with Crippen LogP contribution in [0.15, 0.2) is 12.1 Å². The van der Waals surface area contributed by atoms with E-state index < -0.39 is 0 Å². The van der Waals surface area contributed by atoms with Crippen LogP contribution in [0, 0.1) is 5.41 Å². The molecule has 5 heteroatoms. The molecule has 0 aromatic heterocycles. The number of nitrogens with zero attached hydrogens (tertiary/aromatic N) is 1. The molecular weight excluding hydrogens is 315 g/mol. The summed E-state index contributed by atoms with van der Waals surface area (Å²) in [5.41, 5.74) is 0.977. The van der Waals surface area contributed by atoms with Crippen LogP contribution in [-0.4, -0.2) is 31.1 Å². The Hall–Kier alpha value is 0.01000. The van der Waals surface area contributed by atoms with Crippen LogP contribution >= 0.6 is 34.8 Å². The number of halogens is 3. The van der Waals surface area contributed by atoms with Crippen molar-refractivity contribution in [3.63, 3.8) is 0 Å². The van der Waals surface area contributed by atoms with Crippen molar-refractivity contribution < 1.29 is 0 Å². The van der Waals surface area contributed by atoms with Gasteiger partial charge in [0.1, 0.15) is 0 Å². The van der Waals surface area contributed by atoms with E-state index in [4.69, 9.17) is 34.8 Å². The summed E-state index contributed by atoms with van der Waals surface area (Å²) in [6, 6.07) is 3.75. The van der Waals surface area contributed by atoms with Crippen molar-refractivity contribution in [2.45, 2.75) is 26.8 Å². The van der Waals surface area contributed by atoms with Crippen LogP contribution in [0.25, 0.3) is 0 Å². The molecule has 1 atom stereocenters. The Labute approximate surface area is 136 Å². The summed E-state index contributed by atoms with van der Waals surface area (Å²) in [5.74, 6) is 0. The third-order valence-corrected chi connectivity index (χ3v) is 4.84. The zero-order chi connectivity index (χ0) is 14.9. The maximum Gasteiger partial charge on any atom is 0.0655 e. The van der Waals surface area contributed by atoms with Gasteiger partial charge in [-0.05, 0) is 17.5 Å². The van der Waals surface area contributed by atoms with Gasteiger partial charge in [0.2, 0.25) is 0 Å². The number of benzene rings is 1. The summed E-state index contributed by atoms with van der Waals surface area (Å²) in [7, 11) is 0. The molecule has 1 aliphatic heterocycles. The maximum absolute atomic E-state index is 6.46. The van der Waals surface area contributed by atoms with Crippen LogP contribution in [-0.2, 0) is 0 Å². The molecular formula is C15H21Cl3N2. The molecule has 0 bridgehead atoms. The van der Waals surface area contributed by atoms with Gasteiger partial charge in [-0.1, -0.05) is 55.6 Å². The maximum atomic E-state index is 6.46. The molecule has 0 unspecified atom stereocenters. The summed E-state index contributed by atoms with van der Waals surface area (Å²) >= 11 is 19.1. The largest absolute Gasteiger partial charge is 0.314 e. The van der Waals surface area contributed by atoms with Crippen molar-refractivity contribution in [2.24, 2.45) is 5.41 Å². The minimum absolute atomic E-state index is 0.0231. The fourth-order valence-corrected chi connectivity index (χ4v) is 3.64. The van der Waals surface area contributed by atoms with E-state index in [9.17, 15) is 0 Å². The van der Waals surface area contributed by atoms with E-state index in [0.29, 0.717) is 15.1 Å². The second-order valence-electron chi connectivity index (χ2n) is 6.31.